The highest BCUT2D eigenvalue weighted by Gasteiger charge is 2.07. The molecule has 0 saturated heterocycles. The quantitative estimate of drug-likeness (QED) is 0.445. The molecule has 0 amide bonds. The number of allylic oxidation sites excluding steroid dienone is 4. The molecule has 0 atom stereocenters. The minimum atomic E-state index is 0.181. The summed E-state index contributed by atoms with van der Waals surface area (Å²) in [6.07, 6.45) is 3.74. The molecule has 0 aliphatic rings. The largest absolute Gasteiger partial charge is 0.352 e. The predicted octanol–water partition coefficient (Wildman–Crippen LogP) is 3.97. The van der Waals surface area contributed by atoms with Gasteiger partial charge in [-0.15, -0.1) is 0 Å². The van der Waals surface area contributed by atoms with Gasteiger partial charge in [-0.2, -0.15) is 0 Å². The molecule has 1 aromatic carbocycles. The standard InChI is InChI=1S/C16H22N4O2S2/c1-5-11(3)19-21-15(23)17-13-9-7-8-10-14(13)18-16(24)22-20-12(4)6-2/h5-10,19-20H,1-4H3,(H,17,23)(H,18,24). The average Bonchev–Trinajstić information content (AvgIpc) is 2.59. The van der Waals surface area contributed by atoms with Gasteiger partial charge in [-0.3, -0.25) is 0 Å². The lowest BCUT2D eigenvalue weighted by Crippen LogP contribution is -2.25. The highest BCUT2D eigenvalue weighted by molar-refractivity contribution is 7.80. The third-order valence-electron chi connectivity index (χ3n) is 2.88. The van der Waals surface area contributed by atoms with Crippen molar-refractivity contribution >= 4 is 46.2 Å². The number of nitrogens with one attached hydrogen (secondary N) is 4. The Labute approximate surface area is 153 Å². The van der Waals surface area contributed by atoms with E-state index in [0.717, 1.165) is 11.4 Å². The van der Waals surface area contributed by atoms with E-state index in [2.05, 4.69) is 21.6 Å². The fourth-order valence-corrected chi connectivity index (χ4v) is 1.65. The number of hydrogen-bond donors (Lipinski definition) is 4. The summed E-state index contributed by atoms with van der Waals surface area (Å²) in [5.41, 5.74) is 8.56. The van der Waals surface area contributed by atoms with Crippen LogP contribution in [0.4, 0.5) is 11.4 Å². The van der Waals surface area contributed by atoms with Crippen molar-refractivity contribution in [2.24, 2.45) is 0 Å². The van der Waals surface area contributed by atoms with E-state index in [9.17, 15) is 0 Å². The number of rotatable bonds is 6. The zero-order chi connectivity index (χ0) is 17.9. The lowest BCUT2D eigenvalue weighted by molar-refractivity contribution is 0.220. The molecule has 24 heavy (non-hydrogen) atoms. The van der Waals surface area contributed by atoms with Gasteiger partial charge in [0.25, 0.3) is 10.3 Å². The Morgan fingerprint density at radius 2 is 1.21 bits per heavy atom. The van der Waals surface area contributed by atoms with Crippen molar-refractivity contribution in [2.75, 3.05) is 10.6 Å². The Morgan fingerprint density at radius 3 is 1.54 bits per heavy atom. The van der Waals surface area contributed by atoms with Crippen molar-refractivity contribution in [3.63, 3.8) is 0 Å². The second-order valence-electron chi connectivity index (χ2n) is 4.72. The molecule has 0 aliphatic heterocycles. The third kappa shape index (κ3) is 7.30. The first-order valence-corrected chi connectivity index (χ1v) is 8.10. The first-order valence-electron chi connectivity index (χ1n) is 7.28. The Balaban J connectivity index is 2.64. The molecular formula is C16H22N4O2S2. The van der Waals surface area contributed by atoms with Crippen molar-refractivity contribution in [2.45, 2.75) is 27.7 Å². The molecule has 0 radical (unpaired) electrons. The zero-order valence-electron chi connectivity index (χ0n) is 14.1. The summed E-state index contributed by atoms with van der Waals surface area (Å²) < 4.78 is 0. The molecule has 0 aromatic heterocycles. The zero-order valence-corrected chi connectivity index (χ0v) is 15.7. The topological polar surface area (TPSA) is 66.6 Å². The number of thiocarbonyl (C=S) groups is 2. The number of benzene rings is 1. The number of hydroxylamine groups is 2. The van der Waals surface area contributed by atoms with Gasteiger partial charge in [0.05, 0.1) is 11.4 Å². The van der Waals surface area contributed by atoms with Gasteiger partial charge in [-0.05, 0) is 64.3 Å². The summed E-state index contributed by atoms with van der Waals surface area (Å²) in [5.74, 6) is 0. The first-order chi connectivity index (χ1) is 11.5. The van der Waals surface area contributed by atoms with E-state index in [1.165, 1.54) is 0 Å². The van der Waals surface area contributed by atoms with E-state index in [4.69, 9.17) is 34.1 Å². The van der Waals surface area contributed by atoms with E-state index in [0.29, 0.717) is 11.4 Å². The highest BCUT2D eigenvalue weighted by atomic mass is 32.1. The van der Waals surface area contributed by atoms with Crippen LogP contribution in [0, 0.1) is 0 Å². The van der Waals surface area contributed by atoms with Gasteiger partial charge >= 0.3 is 0 Å². The fraction of sp³-hybridized carbons (Fsp3) is 0.250. The van der Waals surface area contributed by atoms with Crippen molar-refractivity contribution in [1.82, 2.24) is 11.0 Å². The van der Waals surface area contributed by atoms with E-state index in [1.54, 1.807) is 0 Å². The molecule has 0 unspecified atom stereocenters. The maximum atomic E-state index is 5.24. The lowest BCUT2D eigenvalue weighted by atomic mass is 10.2. The predicted molar refractivity (Wildman–Crippen MR) is 106 cm³/mol. The maximum absolute atomic E-state index is 5.24. The summed E-state index contributed by atoms with van der Waals surface area (Å²) in [7, 11) is 0. The molecule has 1 aromatic rings. The van der Waals surface area contributed by atoms with Crippen molar-refractivity contribution in [3.8, 4) is 0 Å². The molecule has 0 spiro atoms. The Hall–Kier alpha value is -2.32. The molecule has 6 nitrogen and oxygen atoms in total. The van der Waals surface area contributed by atoms with Crippen LogP contribution in [-0.4, -0.2) is 10.3 Å². The summed E-state index contributed by atoms with van der Waals surface area (Å²) in [6, 6.07) is 7.42. The monoisotopic (exact) mass is 366 g/mol. The summed E-state index contributed by atoms with van der Waals surface area (Å²) >= 11 is 10.3. The van der Waals surface area contributed by atoms with Crippen LogP contribution in [0.2, 0.25) is 0 Å². The van der Waals surface area contributed by atoms with Gasteiger partial charge < -0.3 is 20.3 Å². The summed E-state index contributed by atoms with van der Waals surface area (Å²) in [5, 5.41) is 6.32. The average molecular weight is 367 g/mol. The van der Waals surface area contributed by atoms with E-state index < -0.39 is 0 Å². The van der Waals surface area contributed by atoms with Crippen LogP contribution in [0.1, 0.15) is 27.7 Å². The van der Waals surface area contributed by atoms with Gasteiger partial charge in [0, 0.05) is 11.4 Å². The number of anilines is 2. The maximum Gasteiger partial charge on any atom is 0.290 e. The van der Waals surface area contributed by atoms with Gasteiger partial charge in [0.1, 0.15) is 0 Å². The molecule has 0 saturated carbocycles. The molecule has 8 heteroatoms. The van der Waals surface area contributed by atoms with Crippen LogP contribution in [-0.2, 0) is 9.68 Å². The minimum Gasteiger partial charge on any atom is -0.352 e. The van der Waals surface area contributed by atoms with Crippen LogP contribution in [0.25, 0.3) is 0 Å². The molecular weight excluding hydrogens is 344 g/mol. The molecule has 0 bridgehead atoms. The summed E-state index contributed by atoms with van der Waals surface area (Å²) in [6.45, 7) is 7.53. The first kappa shape index (κ1) is 19.7. The smallest absolute Gasteiger partial charge is 0.290 e. The summed E-state index contributed by atoms with van der Waals surface area (Å²) in [4.78, 5) is 10.5. The van der Waals surface area contributed by atoms with Gasteiger partial charge in [-0.25, -0.2) is 11.0 Å². The highest BCUT2D eigenvalue weighted by Crippen LogP contribution is 2.21. The van der Waals surface area contributed by atoms with Crippen LogP contribution in [0.15, 0.2) is 47.8 Å². The van der Waals surface area contributed by atoms with Crippen LogP contribution >= 0.6 is 24.4 Å². The fourth-order valence-electron chi connectivity index (χ4n) is 1.34. The number of para-hydroxylation sites is 2. The van der Waals surface area contributed by atoms with Crippen molar-refractivity contribution in [1.29, 1.82) is 0 Å². The molecule has 1 rings (SSSR count). The van der Waals surface area contributed by atoms with Crippen LogP contribution < -0.4 is 21.6 Å². The number of hydrogen-bond acceptors (Lipinski definition) is 6. The SMILES string of the molecule is CC=C(C)NOC(=S)Nc1ccccc1NC(=S)ONC(C)=CC. The molecule has 0 aliphatic carbocycles. The lowest BCUT2D eigenvalue weighted by Gasteiger charge is -2.15. The van der Waals surface area contributed by atoms with Crippen molar-refractivity contribution < 1.29 is 9.68 Å². The van der Waals surface area contributed by atoms with Crippen LogP contribution in [0.3, 0.4) is 0 Å². The second-order valence-corrected chi connectivity index (χ2v) is 5.46. The molecule has 130 valence electrons. The van der Waals surface area contributed by atoms with Crippen LogP contribution in [0.5, 0.6) is 0 Å². The normalized spacial score (nSPS) is 11.3. The van der Waals surface area contributed by atoms with E-state index in [-0.39, 0.29) is 10.3 Å². The minimum absolute atomic E-state index is 0.181. The Kier molecular flexibility index (Phi) is 8.59. The van der Waals surface area contributed by atoms with Gasteiger partial charge in [0.2, 0.25) is 0 Å². The molecule has 0 fully saturated rings. The van der Waals surface area contributed by atoms with Gasteiger partial charge in [0.15, 0.2) is 0 Å². The molecule has 4 N–H and O–H groups in total. The Morgan fingerprint density at radius 1 is 0.833 bits per heavy atom. The third-order valence-corrected chi connectivity index (χ3v) is 3.25. The molecule has 0 heterocycles. The van der Waals surface area contributed by atoms with E-state index in [1.807, 2.05) is 64.1 Å². The van der Waals surface area contributed by atoms with E-state index >= 15 is 0 Å². The Bertz CT molecular complexity index is 590. The van der Waals surface area contributed by atoms with Gasteiger partial charge in [-0.1, -0.05) is 24.3 Å². The van der Waals surface area contributed by atoms with Crippen molar-refractivity contribution in [3.05, 3.63) is 47.8 Å². The second kappa shape index (κ2) is 10.5.